The van der Waals surface area contributed by atoms with Crippen LogP contribution in [0.3, 0.4) is 0 Å². The maximum absolute atomic E-state index is 12.4. The van der Waals surface area contributed by atoms with Gasteiger partial charge in [0.25, 0.3) is 5.56 Å². The second-order valence-corrected chi connectivity index (χ2v) is 8.65. The van der Waals surface area contributed by atoms with Gasteiger partial charge in [0.1, 0.15) is 16.3 Å². The fourth-order valence-corrected chi connectivity index (χ4v) is 4.91. The lowest BCUT2D eigenvalue weighted by Gasteiger charge is -2.05. The van der Waals surface area contributed by atoms with Crippen LogP contribution in [0, 0.1) is 0 Å². The van der Waals surface area contributed by atoms with E-state index in [2.05, 4.69) is 25.4 Å². The normalized spacial score (nSPS) is 11.6. The number of aromatic nitrogens is 7. The zero-order valence-corrected chi connectivity index (χ0v) is 18.2. The zero-order chi connectivity index (χ0) is 20.8. The zero-order valence-electron chi connectivity index (χ0n) is 15.8. The number of rotatable bonds is 5. The third kappa shape index (κ3) is 3.06. The summed E-state index contributed by atoms with van der Waals surface area (Å²) in [5.41, 5.74) is 1.46. The van der Waals surface area contributed by atoms with Crippen molar-refractivity contribution >= 4 is 50.7 Å². The minimum atomic E-state index is -0.0758. The molecule has 0 spiro atoms. The number of nitrogens with zero attached hydrogens (tertiary/aromatic N) is 6. The first-order valence-corrected chi connectivity index (χ1v) is 11.0. The van der Waals surface area contributed by atoms with Crippen LogP contribution < -0.4 is 10.3 Å². The number of fused-ring (bicyclic) bond motifs is 3. The Morgan fingerprint density at radius 3 is 3.00 bits per heavy atom. The van der Waals surface area contributed by atoms with Crippen LogP contribution in [0.2, 0.25) is 5.02 Å². The molecule has 0 radical (unpaired) electrons. The summed E-state index contributed by atoms with van der Waals surface area (Å²) in [6.45, 7) is 0. The Morgan fingerprint density at radius 2 is 2.17 bits per heavy atom. The molecule has 1 N–H and O–H groups in total. The molecule has 0 saturated carbocycles. The highest BCUT2D eigenvalue weighted by Gasteiger charge is 2.17. The van der Waals surface area contributed by atoms with Crippen molar-refractivity contribution in [1.29, 1.82) is 0 Å². The SMILES string of the molecule is COc1ccc(Cl)cc1-c1nc(SCc2nnc3n(C)c(=O)c4sccc4n23)n[nH]1. The van der Waals surface area contributed by atoms with E-state index in [-0.39, 0.29) is 5.56 Å². The van der Waals surface area contributed by atoms with Crippen molar-refractivity contribution in [3.8, 4) is 17.1 Å². The van der Waals surface area contributed by atoms with Gasteiger partial charge in [-0.3, -0.25) is 18.9 Å². The van der Waals surface area contributed by atoms with Crippen molar-refractivity contribution in [3.63, 3.8) is 0 Å². The van der Waals surface area contributed by atoms with Gasteiger partial charge in [0, 0.05) is 12.1 Å². The molecule has 0 amide bonds. The molecule has 0 fully saturated rings. The average Bonchev–Trinajstić information content (AvgIpc) is 3.49. The van der Waals surface area contributed by atoms with Crippen LogP contribution in [0.5, 0.6) is 5.75 Å². The van der Waals surface area contributed by atoms with Crippen LogP contribution in [0.25, 0.3) is 27.4 Å². The molecule has 0 atom stereocenters. The summed E-state index contributed by atoms with van der Waals surface area (Å²) in [5.74, 6) is 2.90. The molecule has 12 heteroatoms. The summed E-state index contributed by atoms with van der Waals surface area (Å²) in [6.07, 6.45) is 0. The van der Waals surface area contributed by atoms with Gasteiger partial charge in [-0.15, -0.1) is 26.6 Å². The molecule has 0 aliphatic rings. The molecule has 0 unspecified atom stereocenters. The molecule has 9 nitrogen and oxygen atoms in total. The van der Waals surface area contributed by atoms with Crippen molar-refractivity contribution in [2.75, 3.05) is 7.11 Å². The number of aromatic amines is 1. The quantitative estimate of drug-likeness (QED) is 0.402. The number of nitrogens with one attached hydrogen (secondary N) is 1. The Hall–Kier alpha value is -2.89. The number of methoxy groups -OCH3 is 1. The van der Waals surface area contributed by atoms with E-state index in [0.717, 1.165) is 11.1 Å². The van der Waals surface area contributed by atoms with Gasteiger partial charge >= 0.3 is 0 Å². The summed E-state index contributed by atoms with van der Waals surface area (Å²) in [4.78, 5) is 17.0. The number of ether oxygens (including phenoxy) is 1. The standard InChI is InChI=1S/C18H14ClN7O2S2/c1-25-16(27)14-11(5-6-29-14)26-13(21-24-18(25)26)8-30-17-20-15(22-23-17)10-7-9(19)3-4-12(10)28-2/h3-7H,8H2,1-2H3,(H,20,22,23). The molecule has 30 heavy (non-hydrogen) atoms. The van der Waals surface area contributed by atoms with Crippen molar-refractivity contribution in [3.05, 3.63) is 50.8 Å². The maximum atomic E-state index is 12.4. The lowest BCUT2D eigenvalue weighted by molar-refractivity contribution is 0.416. The predicted molar refractivity (Wildman–Crippen MR) is 117 cm³/mol. The molecular formula is C18H14ClN7O2S2. The summed E-state index contributed by atoms with van der Waals surface area (Å²) in [6, 6.07) is 7.22. The fraction of sp³-hybridized carbons (Fsp3) is 0.167. The Labute approximate surface area is 182 Å². The molecule has 0 aliphatic carbocycles. The van der Waals surface area contributed by atoms with Crippen LogP contribution in [-0.4, -0.2) is 41.5 Å². The Bertz CT molecular complexity index is 1450. The number of benzene rings is 1. The van der Waals surface area contributed by atoms with Gasteiger partial charge < -0.3 is 4.74 Å². The summed E-state index contributed by atoms with van der Waals surface area (Å²) in [5, 5.41) is 18.7. The van der Waals surface area contributed by atoms with Gasteiger partial charge in [-0.05, 0) is 29.6 Å². The largest absolute Gasteiger partial charge is 0.496 e. The monoisotopic (exact) mass is 459 g/mol. The summed E-state index contributed by atoms with van der Waals surface area (Å²) >= 11 is 8.93. The van der Waals surface area contributed by atoms with Gasteiger partial charge in [-0.1, -0.05) is 23.4 Å². The van der Waals surface area contributed by atoms with E-state index in [1.807, 2.05) is 15.8 Å². The number of aryl methyl sites for hydroxylation is 1. The molecule has 0 bridgehead atoms. The van der Waals surface area contributed by atoms with E-state index in [1.54, 1.807) is 32.4 Å². The molecule has 1 aromatic carbocycles. The number of hydrogen-bond donors (Lipinski definition) is 1. The molecule has 0 saturated heterocycles. The minimum Gasteiger partial charge on any atom is -0.496 e. The minimum absolute atomic E-state index is 0.0758. The highest BCUT2D eigenvalue weighted by Crippen LogP contribution is 2.31. The third-order valence-corrected chi connectivity index (χ3v) is 6.58. The number of hydrogen-bond acceptors (Lipinski definition) is 8. The number of thioether (sulfide) groups is 1. The lowest BCUT2D eigenvalue weighted by Crippen LogP contribution is -2.19. The molecule has 4 heterocycles. The Kier molecular flexibility index (Phi) is 4.72. The summed E-state index contributed by atoms with van der Waals surface area (Å²) < 4.78 is 9.46. The molecule has 5 rings (SSSR count). The van der Waals surface area contributed by atoms with E-state index in [9.17, 15) is 4.79 Å². The highest BCUT2D eigenvalue weighted by atomic mass is 35.5. The van der Waals surface area contributed by atoms with E-state index in [4.69, 9.17) is 16.3 Å². The van der Waals surface area contributed by atoms with E-state index < -0.39 is 0 Å². The van der Waals surface area contributed by atoms with Gasteiger partial charge in [-0.25, -0.2) is 4.98 Å². The lowest BCUT2D eigenvalue weighted by atomic mass is 10.2. The number of H-pyrrole nitrogens is 1. The van der Waals surface area contributed by atoms with Gasteiger partial charge in [0.05, 0.1) is 23.9 Å². The maximum Gasteiger partial charge on any atom is 0.272 e. The van der Waals surface area contributed by atoms with Crippen LogP contribution in [0.15, 0.2) is 39.6 Å². The Balaban J connectivity index is 1.46. The predicted octanol–water partition coefficient (Wildman–Crippen LogP) is 3.38. The topological polar surface area (TPSA) is 103 Å². The summed E-state index contributed by atoms with van der Waals surface area (Å²) in [7, 11) is 3.29. The number of halogens is 1. The average molecular weight is 460 g/mol. The highest BCUT2D eigenvalue weighted by molar-refractivity contribution is 7.98. The van der Waals surface area contributed by atoms with Crippen LogP contribution in [-0.2, 0) is 12.8 Å². The van der Waals surface area contributed by atoms with Crippen molar-refractivity contribution in [1.82, 2.24) is 34.3 Å². The fourth-order valence-electron chi connectivity index (χ4n) is 3.17. The third-order valence-electron chi connectivity index (χ3n) is 4.61. The van der Waals surface area contributed by atoms with Crippen molar-refractivity contribution in [2.45, 2.75) is 10.9 Å². The van der Waals surface area contributed by atoms with Crippen LogP contribution in [0.4, 0.5) is 0 Å². The second-order valence-electron chi connectivity index (χ2n) is 6.35. The van der Waals surface area contributed by atoms with Crippen LogP contribution >= 0.6 is 34.7 Å². The number of thiophene rings is 1. The van der Waals surface area contributed by atoms with E-state index >= 15 is 0 Å². The first-order chi connectivity index (χ1) is 14.6. The molecular weight excluding hydrogens is 446 g/mol. The van der Waals surface area contributed by atoms with Crippen molar-refractivity contribution in [2.24, 2.45) is 7.05 Å². The van der Waals surface area contributed by atoms with E-state index in [0.29, 0.717) is 43.8 Å². The van der Waals surface area contributed by atoms with Gasteiger partial charge in [0.2, 0.25) is 10.9 Å². The first-order valence-electron chi connectivity index (χ1n) is 8.76. The molecule has 4 aromatic heterocycles. The van der Waals surface area contributed by atoms with Crippen LogP contribution in [0.1, 0.15) is 5.82 Å². The molecule has 5 aromatic rings. The van der Waals surface area contributed by atoms with Gasteiger partial charge in [-0.2, -0.15) is 0 Å². The first kappa shape index (κ1) is 19.1. The Morgan fingerprint density at radius 1 is 1.30 bits per heavy atom. The van der Waals surface area contributed by atoms with Crippen molar-refractivity contribution < 1.29 is 4.74 Å². The van der Waals surface area contributed by atoms with Gasteiger partial charge in [0.15, 0.2) is 5.82 Å². The van der Waals surface area contributed by atoms with E-state index in [1.165, 1.54) is 27.7 Å². The smallest absolute Gasteiger partial charge is 0.272 e. The second kappa shape index (κ2) is 7.42. The molecule has 152 valence electrons. The molecule has 0 aliphatic heterocycles.